The van der Waals surface area contributed by atoms with Crippen molar-refractivity contribution in [2.24, 2.45) is 0 Å². The number of hydrogen-bond acceptors (Lipinski definition) is 5. The maximum Gasteiger partial charge on any atom is 0.151 e. The fourth-order valence-electron chi connectivity index (χ4n) is 2.86. The van der Waals surface area contributed by atoms with Gasteiger partial charge in [0.15, 0.2) is 9.84 Å². The summed E-state index contributed by atoms with van der Waals surface area (Å²) in [6, 6.07) is 0.532. The third-order valence-corrected chi connectivity index (χ3v) is 6.07. The predicted octanol–water partition coefficient (Wildman–Crippen LogP) is 0.262. The summed E-state index contributed by atoms with van der Waals surface area (Å²) in [6.45, 7) is 4.82. The lowest BCUT2D eigenvalue weighted by Gasteiger charge is -2.30. The second-order valence-electron chi connectivity index (χ2n) is 5.86. The third kappa shape index (κ3) is 4.41. The number of ether oxygens (including phenoxy) is 1. The van der Waals surface area contributed by atoms with E-state index in [0.29, 0.717) is 23.7 Å². The molecule has 112 valence electrons. The average Bonchev–Trinajstić information content (AvgIpc) is 2.97. The Kier molecular flexibility index (Phi) is 5.22. The molecule has 2 heterocycles. The van der Waals surface area contributed by atoms with Crippen molar-refractivity contribution >= 4 is 9.84 Å². The minimum absolute atomic E-state index is 0.185. The topological polar surface area (TPSA) is 58.6 Å². The molecule has 0 amide bonds. The Morgan fingerprint density at radius 2 is 2.21 bits per heavy atom. The molecule has 2 fully saturated rings. The van der Waals surface area contributed by atoms with Crippen LogP contribution in [0.4, 0.5) is 0 Å². The number of nitrogens with zero attached hydrogens (tertiary/aromatic N) is 1. The van der Waals surface area contributed by atoms with Crippen molar-refractivity contribution in [1.29, 1.82) is 0 Å². The maximum absolute atomic E-state index is 11.5. The van der Waals surface area contributed by atoms with Crippen molar-refractivity contribution in [3.05, 3.63) is 0 Å². The van der Waals surface area contributed by atoms with E-state index in [9.17, 15) is 8.42 Å². The van der Waals surface area contributed by atoms with Crippen molar-refractivity contribution in [1.82, 2.24) is 10.2 Å². The van der Waals surface area contributed by atoms with Crippen LogP contribution in [0.25, 0.3) is 0 Å². The Labute approximate surface area is 116 Å². The quantitative estimate of drug-likeness (QED) is 0.760. The van der Waals surface area contributed by atoms with E-state index < -0.39 is 9.84 Å². The summed E-state index contributed by atoms with van der Waals surface area (Å²) in [5.41, 5.74) is 0. The van der Waals surface area contributed by atoms with Gasteiger partial charge in [0.25, 0.3) is 0 Å². The second-order valence-corrected chi connectivity index (χ2v) is 8.09. The van der Waals surface area contributed by atoms with Crippen LogP contribution in [0.15, 0.2) is 0 Å². The number of likely N-dealkylation sites (N-methyl/N-ethyl adjacent to an activating group) is 1. The molecule has 0 bridgehead atoms. The summed E-state index contributed by atoms with van der Waals surface area (Å²) in [4.78, 5) is 2.20. The van der Waals surface area contributed by atoms with Crippen LogP contribution in [0.5, 0.6) is 0 Å². The van der Waals surface area contributed by atoms with Crippen LogP contribution in [0, 0.1) is 0 Å². The number of nitrogens with one attached hydrogen (secondary N) is 1. The van der Waals surface area contributed by atoms with Crippen molar-refractivity contribution in [2.75, 3.05) is 38.2 Å². The third-order valence-electron chi connectivity index (χ3n) is 4.32. The molecular formula is C13H26N2O3S. The van der Waals surface area contributed by atoms with Gasteiger partial charge in [-0.05, 0) is 33.2 Å². The first-order valence-electron chi connectivity index (χ1n) is 7.22. The molecular weight excluding hydrogens is 264 g/mol. The van der Waals surface area contributed by atoms with Crippen LogP contribution in [0.3, 0.4) is 0 Å². The first-order chi connectivity index (χ1) is 8.98. The van der Waals surface area contributed by atoms with E-state index in [1.807, 2.05) is 7.05 Å². The van der Waals surface area contributed by atoms with Crippen LogP contribution >= 0.6 is 0 Å². The van der Waals surface area contributed by atoms with Gasteiger partial charge in [-0.25, -0.2) is 8.42 Å². The Balaban J connectivity index is 1.68. The molecule has 2 rings (SSSR count). The number of rotatable bonds is 6. The summed E-state index contributed by atoms with van der Waals surface area (Å²) >= 11 is 0. The van der Waals surface area contributed by atoms with E-state index in [1.54, 1.807) is 0 Å². The van der Waals surface area contributed by atoms with Crippen molar-refractivity contribution in [2.45, 2.75) is 44.4 Å². The van der Waals surface area contributed by atoms with Gasteiger partial charge in [0.05, 0.1) is 17.6 Å². The zero-order valence-corrected chi connectivity index (χ0v) is 12.8. The fraction of sp³-hybridized carbons (Fsp3) is 1.00. The molecule has 0 aromatic heterocycles. The van der Waals surface area contributed by atoms with Gasteiger partial charge in [0.1, 0.15) is 0 Å². The minimum atomic E-state index is -2.79. The van der Waals surface area contributed by atoms with E-state index in [-0.39, 0.29) is 6.04 Å². The highest BCUT2D eigenvalue weighted by atomic mass is 32.2. The Hall–Kier alpha value is -0.170. The molecule has 2 aliphatic rings. The predicted molar refractivity (Wildman–Crippen MR) is 76.1 cm³/mol. The van der Waals surface area contributed by atoms with Gasteiger partial charge in [-0.3, -0.25) is 4.90 Å². The highest BCUT2D eigenvalue weighted by Gasteiger charge is 2.32. The number of hydrogen-bond donors (Lipinski definition) is 1. The summed E-state index contributed by atoms with van der Waals surface area (Å²) in [5.74, 6) is 0.664. The van der Waals surface area contributed by atoms with E-state index in [0.717, 1.165) is 32.5 Å². The smallest absolute Gasteiger partial charge is 0.151 e. The largest absolute Gasteiger partial charge is 0.377 e. The van der Waals surface area contributed by atoms with Gasteiger partial charge in [0, 0.05) is 31.8 Å². The molecule has 3 atom stereocenters. The summed E-state index contributed by atoms with van der Waals surface area (Å²) < 4.78 is 28.6. The van der Waals surface area contributed by atoms with Crippen molar-refractivity contribution in [3.8, 4) is 0 Å². The summed E-state index contributed by atoms with van der Waals surface area (Å²) in [5, 5.41) is 3.44. The zero-order chi connectivity index (χ0) is 13.9. The highest BCUT2D eigenvalue weighted by Crippen LogP contribution is 2.18. The van der Waals surface area contributed by atoms with Gasteiger partial charge in [0.2, 0.25) is 0 Å². The van der Waals surface area contributed by atoms with E-state index in [4.69, 9.17) is 4.74 Å². The normalized spacial score (nSPS) is 31.9. The molecule has 2 aliphatic heterocycles. The van der Waals surface area contributed by atoms with Gasteiger partial charge in [-0.2, -0.15) is 0 Å². The van der Waals surface area contributed by atoms with Gasteiger partial charge >= 0.3 is 0 Å². The van der Waals surface area contributed by atoms with Crippen LogP contribution in [0.1, 0.15) is 26.2 Å². The minimum Gasteiger partial charge on any atom is -0.377 e. The first kappa shape index (κ1) is 15.2. The van der Waals surface area contributed by atoms with Gasteiger partial charge < -0.3 is 10.1 Å². The molecule has 5 nitrogen and oxygen atoms in total. The zero-order valence-electron chi connectivity index (χ0n) is 12.0. The lowest BCUT2D eigenvalue weighted by molar-refractivity contribution is 0.107. The van der Waals surface area contributed by atoms with E-state index in [1.165, 1.54) is 6.42 Å². The lowest BCUT2D eigenvalue weighted by atomic mass is 10.2. The molecule has 0 aromatic rings. The van der Waals surface area contributed by atoms with E-state index in [2.05, 4.69) is 17.1 Å². The van der Waals surface area contributed by atoms with Crippen LogP contribution in [-0.2, 0) is 14.6 Å². The first-order valence-corrected chi connectivity index (χ1v) is 9.05. The standard InChI is InChI=1S/C13H26N2O3S/c1-11(8-14-9-13-4-3-6-18-13)15(2)12-5-7-19(16,17)10-12/h11-14H,3-10H2,1-2H3. The van der Waals surface area contributed by atoms with Crippen LogP contribution in [0.2, 0.25) is 0 Å². The van der Waals surface area contributed by atoms with Gasteiger partial charge in [-0.1, -0.05) is 0 Å². The van der Waals surface area contributed by atoms with Crippen LogP contribution < -0.4 is 5.32 Å². The Bertz CT molecular complexity index is 379. The molecule has 0 aromatic carbocycles. The Morgan fingerprint density at radius 3 is 2.79 bits per heavy atom. The SMILES string of the molecule is CC(CNCC1CCCO1)N(C)C1CCS(=O)(=O)C1. The molecule has 0 radical (unpaired) electrons. The second kappa shape index (κ2) is 6.52. The van der Waals surface area contributed by atoms with E-state index >= 15 is 0 Å². The molecule has 2 saturated heterocycles. The molecule has 19 heavy (non-hydrogen) atoms. The maximum atomic E-state index is 11.5. The molecule has 6 heteroatoms. The number of sulfone groups is 1. The molecule has 3 unspecified atom stereocenters. The van der Waals surface area contributed by atoms with Crippen LogP contribution in [-0.4, -0.2) is 69.8 Å². The molecule has 0 spiro atoms. The molecule has 1 N–H and O–H groups in total. The molecule has 0 saturated carbocycles. The van der Waals surface area contributed by atoms with Gasteiger partial charge in [-0.15, -0.1) is 0 Å². The van der Waals surface area contributed by atoms with Crippen molar-refractivity contribution in [3.63, 3.8) is 0 Å². The Morgan fingerprint density at radius 1 is 1.42 bits per heavy atom. The van der Waals surface area contributed by atoms with Crippen molar-refractivity contribution < 1.29 is 13.2 Å². The average molecular weight is 290 g/mol. The summed E-state index contributed by atoms with van der Waals surface area (Å²) in [7, 11) is -0.758. The summed E-state index contributed by atoms with van der Waals surface area (Å²) in [6.07, 6.45) is 3.46. The fourth-order valence-corrected chi connectivity index (χ4v) is 4.64. The molecule has 0 aliphatic carbocycles. The highest BCUT2D eigenvalue weighted by molar-refractivity contribution is 7.91. The lowest BCUT2D eigenvalue weighted by Crippen LogP contribution is -2.45. The monoisotopic (exact) mass is 290 g/mol.